The van der Waals surface area contributed by atoms with Gasteiger partial charge < -0.3 is 4.90 Å². The minimum Gasteiger partial charge on any atom is -0.303 e. The van der Waals surface area contributed by atoms with Crippen LogP contribution in [0.2, 0.25) is 0 Å². The van der Waals surface area contributed by atoms with Crippen LogP contribution in [0.15, 0.2) is 12.4 Å². The Balaban J connectivity index is 1.74. The molecule has 0 spiro atoms. The molecule has 0 bridgehead atoms. The van der Waals surface area contributed by atoms with Gasteiger partial charge in [-0.3, -0.25) is 4.68 Å². The van der Waals surface area contributed by atoms with Crippen molar-refractivity contribution in [2.75, 3.05) is 19.6 Å². The van der Waals surface area contributed by atoms with Crippen LogP contribution in [0, 0.1) is 11.8 Å². The number of nitrogens with zero attached hydrogens (tertiary/aromatic N) is 3. The third-order valence-corrected chi connectivity index (χ3v) is 5.39. The number of rotatable bonds is 9. The molecular weight excluding hydrogens is 282 g/mol. The van der Waals surface area contributed by atoms with Gasteiger partial charge >= 0.3 is 0 Å². The summed E-state index contributed by atoms with van der Waals surface area (Å²) in [5, 5.41) is 4.60. The number of aromatic nitrogens is 2. The standard InChI is InChI=1S/C20H37N3/c1-5-18(4)20-13-21-23(16-20)15-19-10-8-12-22(14-19)11-7-6-9-17(2)3/h13,16-19H,5-12,14-15H2,1-4H3/t18?,19-/m1/s1. The summed E-state index contributed by atoms with van der Waals surface area (Å²) in [4.78, 5) is 2.69. The van der Waals surface area contributed by atoms with Gasteiger partial charge in [-0.05, 0) is 62.1 Å². The van der Waals surface area contributed by atoms with Crippen molar-refractivity contribution in [2.24, 2.45) is 11.8 Å². The highest BCUT2D eigenvalue weighted by Crippen LogP contribution is 2.21. The van der Waals surface area contributed by atoms with E-state index in [0.29, 0.717) is 5.92 Å². The molecule has 0 radical (unpaired) electrons. The first-order valence-electron chi connectivity index (χ1n) is 9.83. The number of unbranched alkanes of at least 4 members (excludes halogenated alkanes) is 1. The normalized spacial score (nSPS) is 21.0. The number of piperidine rings is 1. The van der Waals surface area contributed by atoms with Crippen LogP contribution >= 0.6 is 0 Å². The largest absolute Gasteiger partial charge is 0.303 e. The minimum atomic E-state index is 0.632. The van der Waals surface area contributed by atoms with E-state index in [1.807, 2.05) is 0 Å². The summed E-state index contributed by atoms with van der Waals surface area (Å²) in [6.07, 6.45) is 12.4. The molecule has 0 aromatic carbocycles. The molecule has 1 saturated heterocycles. The van der Waals surface area contributed by atoms with Gasteiger partial charge in [-0.25, -0.2) is 0 Å². The molecule has 3 heteroatoms. The Bertz CT molecular complexity index is 438. The molecule has 0 saturated carbocycles. The Morgan fingerprint density at radius 2 is 2.09 bits per heavy atom. The van der Waals surface area contributed by atoms with E-state index in [-0.39, 0.29) is 0 Å². The number of hydrogen-bond donors (Lipinski definition) is 0. The van der Waals surface area contributed by atoms with Crippen molar-refractivity contribution < 1.29 is 0 Å². The van der Waals surface area contributed by atoms with E-state index in [4.69, 9.17) is 0 Å². The molecule has 0 amide bonds. The fourth-order valence-electron chi connectivity index (χ4n) is 3.63. The Hall–Kier alpha value is -0.830. The van der Waals surface area contributed by atoms with Gasteiger partial charge in [0.05, 0.1) is 6.20 Å². The van der Waals surface area contributed by atoms with Crippen molar-refractivity contribution >= 4 is 0 Å². The van der Waals surface area contributed by atoms with Crippen molar-refractivity contribution in [3.8, 4) is 0 Å². The van der Waals surface area contributed by atoms with Crippen molar-refractivity contribution in [1.82, 2.24) is 14.7 Å². The van der Waals surface area contributed by atoms with Crippen LogP contribution in [0.5, 0.6) is 0 Å². The molecule has 2 rings (SSSR count). The van der Waals surface area contributed by atoms with E-state index in [1.54, 1.807) is 0 Å². The summed E-state index contributed by atoms with van der Waals surface area (Å²) in [5.74, 6) is 2.26. The van der Waals surface area contributed by atoms with Gasteiger partial charge in [-0.1, -0.05) is 40.5 Å². The van der Waals surface area contributed by atoms with Crippen molar-refractivity contribution in [1.29, 1.82) is 0 Å². The second-order valence-electron chi connectivity index (χ2n) is 8.00. The average molecular weight is 320 g/mol. The quantitative estimate of drug-likeness (QED) is 0.601. The lowest BCUT2D eigenvalue weighted by Gasteiger charge is -2.32. The molecule has 132 valence electrons. The Labute approximate surface area is 143 Å². The lowest BCUT2D eigenvalue weighted by Crippen LogP contribution is -2.37. The molecule has 2 heterocycles. The monoisotopic (exact) mass is 319 g/mol. The van der Waals surface area contributed by atoms with Crippen LogP contribution in [0.1, 0.15) is 77.7 Å². The maximum absolute atomic E-state index is 4.60. The lowest BCUT2D eigenvalue weighted by atomic mass is 9.97. The molecule has 1 aromatic rings. The van der Waals surface area contributed by atoms with E-state index < -0.39 is 0 Å². The molecule has 0 aliphatic carbocycles. The fraction of sp³-hybridized carbons (Fsp3) is 0.850. The third-order valence-electron chi connectivity index (χ3n) is 5.39. The van der Waals surface area contributed by atoms with E-state index >= 15 is 0 Å². The van der Waals surface area contributed by atoms with Crippen LogP contribution in [-0.2, 0) is 6.54 Å². The molecule has 1 fully saturated rings. The Kier molecular flexibility index (Phi) is 7.61. The van der Waals surface area contributed by atoms with Gasteiger partial charge in [0, 0.05) is 19.3 Å². The van der Waals surface area contributed by atoms with Crippen molar-refractivity contribution in [2.45, 2.75) is 78.7 Å². The summed E-state index contributed by atoms with van der Waals surface area (Å²) in [6.45, 7) is 14.2. The Morgan fingerprint density at radius 1 is 1.26 bits per heavy atom. The summed E-state index contributed by atoms with van der Waals surface area (Å²) < 4.78 is 2.19. The maximum atomic E-state index is 4.60. The smallest absolute Gasteiger partial charge is 0.0524 e. The highest BCUT2D eigenvalue weighted by molar-refractivity contribution is 5.09. The van der Waals surface area contributed by atoms with Gasteiger partial charge in [-0.2, -0.15) is 5.10 Å². The fourth-order valence-corrected chi connectivity index (χ4v) is 3.63. The second-order valence-corrected chi connectivity index (χ2v) is 8.00. The molecule has 3 nitrogen and oxygen atoms in total. The Morgan fingerprint density at radius 3 is 2.83 bits per heavy atom. The zero-order valence-corrected chi connectivity index (χ0v) is 15.8. The minimum absolute atomic E-state index is 0.632. The molecular formula is C20H37N3. The van der Waals surface area contributed by atoms with Crippen molar-refractivity contribution in [3.05, 3.63) is 18.0 Å². The van der Waals surface area contributed by atoms with Crippen LogP contribution in [0.25, 0.3) is 0 Å². The van der Waals surface area contributed by atoms with Gasteiger partial charge in [-0.15, -0.1) is 0 Å². The van der Waals surface area contributed by atoms with Crippen LogP contribution in [0.4, 0.5) is 0 Å². The molecule has 1 unspecified atom stereocenters. The van der Waals surface area contributed by atoms with Gasteiger partial charge in [0.2, 0.25) is 0 Å². The van der Waals surface area contributed by atoms with E-state index in [2.05, 4.69) is 54.8 Å². The van der Waals surface area contributed by atoms with Crippen LogP contribution < -0.4 is 0 Å². The van der Waals surface area contributed by atoms with Crippen LogP contribution in [-0.4, -0.2) is 34.3 Å². The number of hydrogen-bond acceptors (Lipinski definition) is 2. The highest BCUT2D eigenvalue weighted by atomic mass is 15.3. The first kappa shape index (κ1) is 18.5. The second kappa shape index (κ2) is 9.46. The SMILES string of the molecule is CCC(C)c1cnn(C[C@@H]2CCCN(CCCCC(C)C)C2)c1. The summed E-state index contributed by atoms with van der Waals surface area (Å²) >= 11 is 0. The third kappa shape index (κ3) is 6.29. The zero-order chi connectivity index (χ0) is 16.7. The van der Waals surface area contributed by atoms with E-state index in [1.165, 1.54) is 63.7 Å². The predicted octanol–water partition coefficient (Wildman–Crippen LogP) is 4.93. The summed E-state index contributed by atoms with van der Waals surface area (Å²) in [7, 11) is 0. The van der Waals surface area contributed by atoms with Gasteiger partial charge in [0.25, 0.3) is 0 Å². The molecule has 1 aromatic heterocycles. The predicted molar refractivity (Wildman–Crippen MR) is 98.8 cm³/mol. The van der Waals surface area contributed by atoms with Gasteiger partial charge in [0.15, 0.2) is 0 Å². The zero-order valence-electron chi connectivity index (χ0n) is 15.8. The number of likely N-dealkylation sites (tertiary alicyclic amines) is 1. The van der Waals surface area contributed by atoms with Crippen molar-refractivity contribution in [3.63, 3.8) is 0 Å². The lowest BCUT2D eigenvalue weighted by molar-refractivity contribution is 0.157. The topological polar surface area (TPSA) is 21.1 Å². The average Bonchev–Trinajstić information content (AvgIpc) is 2.99. The molecule has 1 aliphatic heterocycles. The molecule has 1 aliphatic rings. The maximum Gasteiger partial charge on any atom is 0.0524 e. The van der Waals surface area contributed by atoms with E-state index in [9.17, 15) is 0 Å². The molecule has 0 N–H and O–H groups in total. The highest BCUT2D eigenvalue weighted by Gasteiger charge is 2.20. The first-order valence-corrected chi connectivity index (χ1v) is 9.83. The van der Waals surface area contributed by atoms with Crippen LogP contribution in [0.3, 0.4) is 0 Å². The summed E-state index contributed by atoms with van der Waals surface area (Å²) in [5.41, 5.74) is 1.40. The molecule has 2 atom stereocenters. The molecule has 23 heavy (non-hydrogen) atoms. The first-order chi connectivity index (χ1) is 11.1. The summed E-state index contributed by atoms with van der Waals surface area (Å²) in [6, 6.07) is 0. The van der Waals surface area contributed by atoms with Gasteiger partial charge in [0.1, 0.15) is 0 Å². The van der Waals surface area contributed by atoms with E-state index in [0.717, 1.165) is 18.4 Å².